The van der Waals surface area contributed by atoms with Crippen molar-refractivity contribution in [1.82, 2.24) is 9.88 Å². The molecule has 1 saturated heterocycles. The number of H-pyrrole nitrogens is 1. The molecule has 0 saturated carbocycles. The van der Waals surface area contributed by atoms with Gasteiger partial charge in [0.15, 0.2) is 0 Å². The van der Waals surface area contributed by atoms with Gasteiger partial charge in [-0.15, -0.1) is 0 Å². The van der Waals surface area contributed by atoms with E-state index in [4.69, 9.17) is 14.2 Å². The molecule has 1 aromatic carbocycles. The fraction of sp³-hybridized carbons (Fsp3) is 0.500. The van der Waals surface area contributed by atoms with E-state index in [9.17, 15) is 14.4 Å². The third kappa shape index (κ3) is 6.49. The Morgan fingerprint density at radius 2 is 1.91 bits per heavy atom. The van der Waals surface area contributed by atoms with Crippen molar-refractivity contribution in [3.05, 3.63) is 51.8 Å². The summed E-state index contributed by atoms with van der Waals surface area (Å²) in [6, 6.07) is 5.70. The SMILES string of the molecule is COCCOC(=O)c1c(C)[nH]c(C(=O)N(CC(=O)Nc2cccc(C)c2C)CC2CCCO2)c1C. The van der Waals surface area contributed by atoms with Crippen molar-refractivity contribution < 1.29 is 28.6 Å². The molecule has 9 heteroatoms. The van der Waals surface area contributed by atoms with Crippen molar-refractivity contribution in [3.63, 3.8) is 0 Å². The van der Waals surface area contributed by atoms with E-state index in [2.05, 4.69) is 10.3 Å². The van der Waals surface area contributed by atoms with E-state index in [0.29, 0.717) is 29.1 Å². The molecule has 2 heterocycles. The Kier molecular flexibility index (Phi) is 9.06. The minimum Gasteiger partial charge on any atom is -0.460 e. The second-order valence-electron chi connectivity index (χ2n) is 8.87. The summed E-state index contributed by atoms with van der Waals surface area (Å²) < 4.78 is 15.9. The third-order valence-corrected chi connectivity index (χ3v) is 6.32. The number of aromatic nitrogens is 1. The van der Waals surface area contributed by atoms with Gasteiger partial charge in [-0.3, -0.25) is 9.59 Å². The van der Waals surface area contributed by atoms with Gasteiger partial charge in [-0.2, -0.15) is 0 Å². The second-order valence-corrected chi connectivity index (χ2v) is 8.87. The Balaban J connectivity index is 1.80. The summed E-state index contributed by atoms with van der Waals surface area (Å²) in [4.78, 5) is 43.7. The minimum atomic E-state index is -0.523. The fourth-order valence-corrected chi connectivity index (χ4v) is 4.22. The van der Waals surface area contributed by atoms with Crippen molar-refractivity contribution in [2.45, 2.75) is 46.6 Å². The predicted molar refractivity (Wildman–Crippen MR) is 132 cm³/mol. The summed E-state index contributed by atoms with van der Waals surface area (Å²) in [6.07, 6.45) is 1.60. The smallest absolute Gasteiger partial charge is 0.340 e. The molecule has 1 aliphatic heterocycles. The summed E-state index contributed by atoms with van der Waals surface area (Å²) in [5.41, 5.74) is 4.36. The summed E-state index contributed by atoms with van der Waals surface area (Å²) in [6.45, 7) is 8.52. The van der Waals surface area contributed by atoms with Gasteiger partial charge in [-0.25, -0.2) is 4.79 Å². The van der Waals surface area contributed by atoms with Crippen LogP contribution in [0.1, 0.15) is 56.1 Å². The van der Waals surface area contributed by atoms with Gasteiger partial charge in [0, 0.05) is 31.6 Å². The molecule has 2 amide bonds. The number of aryl methyl sites for hydroxylation is 2. The van der Waals surface area contributed by atoms with Crippen LogP contribution in [0.3, 0.4) is 0 Å². The molecule has 0 spiro atoms. The van der Waals surface area contributed by atoms with Crippen LogP contribution in [0.15, 0.2) is 18.2 Å². The van der Waals surface area contributed by atoms with Crippen molar-refractivity contribution in [1.29, 1.82) is 0 Å². The van der Waals surface area contributed by atoms with E-state index in [1.54, 1.807) is 13.8 Å². The first-order chi connectivity index (χ1) is 16.7. The molecule has 190 valence electrons. The number of nitrogens with zero attached hydrogens (tertiary/aromatic N) is 1. The highest BCUT2D eigenvalue weighted by Gasteiger charge is 2.30. The van der Waals surface area contributed by atoms with Crippen LogP contribution in [0.5, 0.6) is 0 Å². The lowest BCUT2D eigenvalue weighted by Gasteiger charge is -2.25. The lowest BCUT2D eigenvalue weighted by molar-refractivity contribution is -0.117. The van der Waals surface area contributed by atoms with Crippen LogP contribution in [-0.4, -0.2) is 73.8 Å². The predicted octanol–water partition coefficient (Wildman–Crippen LogP) is 3.31. The Morgan fingerprint density at radius 3 is 2.60 bits per heavy atom. The highest BCUT2D eigenvalue weighted by atomic mass is 16.6. The van der Waals surface area contributed by atoms with Crippen LogP contribution in [0.2, 0.25) is 0 Å². The highest BCUT2D eigenvalue weighted by Crippen LogP contribution is 2.23. The van der Waals surface area contributed by atoms with Crippen LogP contribution < -0.4 is 5.32 Å². The summed E-state index contributed by atoms with van der Waals surface area (Å²) in [5, 5.41) is 2.92. The molecule has 0 radical (unpaired) electrons. The molecule has 1 atom stereocenters. The monoisotopic (exact) mass is 485 g/mol. The molecule has 2 aromatic rings. The van der Waals surface area contributed by atoms with Crippen molar-refractivity contribution in [2.24, 2.45) is 0 Å². The number of carbonyl (C=O) groups excluding carboxylic acids is 3. The zero-order valence-corrected chi connectivity index (χ0v) is 21.2. The summed E-state index contributed by atoms with van der Waals surface area (Å²) in [7, 11) is 1.52. The third-order valence-electron chi connectivity index (χ3n) is 6.32. The first-order valence-electron chi connectivity index (χ1n) is 11.8. The second kappa shape index (κ2) is 12.0. The van der Waals surface area contributed by atoms with Crippen molar-refractivity contribution >= 4 is 23.5 Å². The van der Waals surface area contributed by atoms with Crippen molar-refractivity contribution in [3.8, 4) is 0 Å². The van der Waals surface area contributed by atoms with E-state index >= 15 is 0 Å². The number of esters is 1. The van der Waals surface area contributed by atoms with Crippen molar-refractivity contribution in [2.75, 3.05) is 45.3 Å². The van der Waals surface area contributed by atoms with Gasteiger partial charge in [-0.1, -0.05) is 12.1 Å². The van der Waals surface area contributed by atoms with Gasteiger partial charge < -0.3 is 29.4 Å². The Bertz CT molecular complexity index is 1070. The van der Waals surface area contributed by atoms with Gasteiger partial charge in [0.05, 0.1) is 18.3 Å². The molecular weight excluding hydrogens is 450 g/mol. The van der Waals surface area contributed by atoms with Crippen LogP contribution in [0, 0.1) is 27.7 Å². The van der Waals surface area contributed by atoms with Gasteiger partial charge in [0.25, 0.3) is 5.91 Å². The minimum absolute atomic E-state index is 0.117. The number of amides is 2. The quantitative estimate of drug-likeness (QED) is 0.395. The Morgan fingerprint density at radius 1 is 1.14 bits per heavy atom. The van der Waals surface area contributed by atoms with Gasteiger partial charge in [-0.05, 0) is 63.3 Å². The van der Waals surface area contributed by atoms with E-state index in [0.717, 1.165) is 24.0 Å². The molecule has 0 bridgehead atoms. The molecule has 0 aliphatic carbocycles. The normalized spacial score (nSPS) is 15.2. The number of nitrogens with one attached hydrogen (secondary N) is 2. The fourth-order valence-electron chi connectivity index (χ4n) is 4.22. The average molecular weight is 486 g/mol. The zero-order chi connectivity index (χ0) is 25.5. The Hall–Kier alpha value is -3.17. The lowest BCUT2D eigenvalue weighted by atomic mass is 10.1. The zero-order valence-electron chi connectivity index (χ0n) is 21.2. The molecule has 1 unspecified atom stereocenters. The number of hydrogen-bond donors (Lipinski definition) is 2. The highest BCUT2D eigenvalue weighted by molar-refractivity contribution is 6.02. The Labute approximate surface area is 206 Å². The van der Waals surface area contributed by atoms with E-state index in [-0.39, 0.29) is 49.9 Å². The van der Waals surface area contributed by atoms with E-state index < -0.39 is 5.97 Å². The van der Waals surface area contributed by atoms with Gasteiger partial charge in [0.2, 0.25) is 5.91 Å². The van der Waals surface area contributed by atoms with Gasteiger partial charge >= 0.3 is 5.97 Å². The number of carbonyl (C=O) groups is 3. The molecule has 3 rings (SSSR count). The molecule has 2 N–H and O–H groups in total. The number of methoxy groups -OCH3 is 1. The van der Waals surface area contributed by atoms with E-state index in [1.807, 2.05) is 32.0 Å². The molecule has 35 heavy (non-hydrogen) atoms. The molecule has 9 nitrogen and oxygen atoms in total. The first kappa shape index (κ1) is 26.4. The standard InChI is InChI=1S/C26H35N3O6/c1-16-8-6-10-21(17(16)2)28-22(30)15-29(14-20-9-7-11-34-20)25(31)24-18(3)23(19(4)27-24)26(32)35-13-12-33-5/h6,8,10,20,27H,7,9,11-15H2,1-5H3,(H,28,30). The number of rotatable bonds is 10. The topological polar surface area (TPSA) is 110 Å². The maximum atomic E-state index is 13.6. The largest absolute Gasteiger partial charge is 0.460 e. The summed E-state index contributed by atoms with van der Waals surface area (Å²) in [5.74, 6) is -1.19. The average Bonchev–Trinajstić information content (AvgIpc) is 3.43. The molecule has 1 fully saturated rings. The van der Waals surface area contributed by atoms with Crippen LogP contribution in [-0.2, 0) is 19.0 Å². The molecule has 1 aromatic heterocycles. The van der Waals surface area contributed by atoms with Gasteiger partial charge in [0.1, 0.15) is 18.8 Å². The number of anilines is 1. The number of ether oxygens (including phenoxy) is 3. The molecular formula is C26H35N3O6. The van der Waals surface area contributed by atoms with Crippen LogP contribution in [0.25, 0.3) is 0 Å². The first-order valence-corrected chi connectivity index (χ1v) is 11.8. The number of hydrogen-bond acceptors (Lipinski definition) is 6. The lowest BCUT2D eigenvalue weighted by Crippen LogP contribution is -2.42. The molecule has 1 aliphatic rings. The summed E-state index contributed by atoms with van der Waals surface area (Å²) >= 11 is 0. The number of aromatic amines is 1. The number of benzene rings is 1. The van der Waals surface area contributed by atoms with Crippen LogP contribution >= 0.6 is 0 Å². The van der Waals surface area contributed by atoms with Crippen LogP contribution in [0.4, 0.5) is 5.69 Å². The maximum absolute atomic E-state index is 13.6. The maximum Gasteiger partial charge on any atom is 0.340 e. The van der Waals surface area contributed by atoms with E-state index in [1.165, 1.54) is 12.0 Å².